The van der Waals surface area contributed by atoms with Crippen molar-refractivity contribution in [3.05, 3.63) is 158 Å². The maximum absolute atomic E-state index is 13.1. The van der Waals surface area contributed by atoms with E-state index in [1.165, 1.54) is 77.0 Å². The highest BCUT2D eigenvalue weighted by Crippen LogP contribution is 2.23. The molecule has 1 heterocycles. The van der Waals surface area contributed by atoms with Crippen LogP contribution in [0.15, 0.2) is 158 Å². The summed E-state index contributed by atoms with van der Waals surface area (Å²) >= 11 is 0. The Balaban J connectivity index is 2.17. The highest BCUT2D eigenvalue weighted by molar-refractivity contribution is 5.76. The number of carbonyl (C=O) groups is 1. The molecule has 9 nitrogen and oxygen atoms in total. The lowest BCUT2D eigenvalue weighted by molar-refractivity contribution is -0.302. The van der Waals surface area contributed by atoms with E-state index in [0.29, 0.717) is 6.42 Å². The molecule has 0 radical (unpaired) electrons. The van der Waals surface area contributed by atoms with Gasteiger partial charge in [0.15, 0.2) is 6.29 Å². The monoisotopic (exact) mass is 1110 g/mol. The molecule has 0 bridgehead atoms. The normalized spacial score (nSPS) is 19.6. The Labute approximate surface area is 488 Å². The van der Waals surface area contributed by atoms with Crippen molar-refractivity contribution < 1.29 is 39.8 Å². The summed E-state index contributed by atoms with van der Waals surface area (Å²) in [6.45, 7) is 3.61. The van der Waals surface area contributed by atoms with Crippen molar-refractivity contribution in [1.82, 2.24) is 5.32 Å². The van der Waals surface area contributed by atoms with E-state index in [4.69, 9.17) is 9.47 Å². The second kappa shape index (κ2) is 58.0. The first-order chi connectivity index (χ1) is 39.3. The predicted molar refractivity (Wildman–Crippen MR) is 340 cm³/mol. The van der Waals surface area contributed by atoms with Gasteiger partial charge < -0.3 is 40.3 Å². The molecule has 1 fully saturated rings. The molecule has 0 aliphatic carbocycles. The Hall–Kier alpha value is -4.19. The molecule has 0 aromatic carbocycles. The number of rotatable bonds is 52. The number of aliphatic hydroxyl groups is 5. The zero-order valence-corrected chi connectivity index (χ0v) is 50.3. The van der Waals surface area contributed by atoms with Gasteiger partial charge in [-0.3, -0.25) is 4.79 Å². The van der Waals surface area contributed by atoms with E-state index in [-0.39, 0.29) is 12.5 Å². The molecule has 0 spiro atoms. The lowest BCUT2D eigenvalue weighted by Crippen LogP contribution is -2.60. The third-order valence-corrected chi connectivity index (χ3v) is 13.8. The average molecular weight is 1110 g/mol. The largest absolute Gasteiger partial charge is 0.394 e. The lowest BCUT2D eigenvalue weighted by atomic mass is 9.99. The quantitative estimate of drug-likeness (QED) is 0.0261. The van der Waals surface area contributed by atoms with Crippen LogP contribution in [-0.2, 0) is 14.3 Å². The van der Waals surface area contributed by atoms with E-state index in [1.54, 1.807) is 6.08 Å². The first-order valence-electron chi connectivity index (χ1n) is 31.7. The van der Waals surface area contributed by atoms with Gasteiger partial charge in [-0.05, 0) is 122 Å². The molecule has 80 heavy (non-hydrogen) atoms. The van der Waals surface area contributed by atoms with Gasteiger partial charge >= 0.3 is 0 Å². The smallest absolute Gasteiger partial charge is 0.220 e. The third kappa shape index (κ3) is 46.4. The van der Waals surface area contributed by atoms with Gasteiger partial charge in [0, 0.05) is 6.42 Å². The molecular weight excluding hydrogens is 995 g/mol. The van der Waals surface area contributed by atoms with E-state index in [2.05, 4.69) is 165 Å². The molecule has 1 amide bonds. The van der Waals surface area contributed by atoms with Crippen molar-refractivity contribution >= 4 is 5.91 Å². The number of aliphatic hydroxyl groups excluding tert-OH is 5. The maximum Gasteiger partial charge on any atom is 0.220 e. The lowest BCUT2D eigenvalue weighted by Gasteiger charge is -2.40. The zero-order valence-electron chi connectivity index (χ0n) is 50.3. The Morgan fingerprint density at radius 3 is 1.20 bits per heavy atom. The highest BCUT2D eigenvalue weighted by Gasteiger charge is 2.44. The van der Waals surface area contributed by atoms with Gasteiger partial charge in [0.2, 0.25) is 5.91 Å². The second-order valence-electron chi connectivity index (χ2n) is 21.1. The van der Waals surface area contributed by atoms with Crippen LogP contribution in [0.4, 0.5) is 0 Å². The van der Waals surface area contributed by atoms with Gasteiger partial charge in [-0.25, -0.2) is 0 Å². The molecule has 6 N–H and O–H groups in total. The average Bonchev–Trinajstić information content (AvgIpc) is 3.46. The van der Waals surface area contributed by atoms with Gasteiger partial charge in [0.05, 0.1) is 25.4 Å². The summed E-state index contributed by atoms with van der Waals surface area (Å²) in [5.41, 5.74) is 0. The van der Waals surface area contributed by atoms with Gasteiger partial charge in [0.25, 0.3) is 0 Å². The molecule has 0 aromatic heterocycles. The van der Waals surface area contributed by atoms with Crippen molar-refractivity contribution in [1.29, 1.82) is 0 Å². The first kappa shape index (κ1) is 73.8. The number of hydrogen-bond donors (Lipinski definition) is 6. The molecule has 1 saturated heterocycles. The van der Waals surface area contributed by atoms with Crippen LogP contribution in [0.25, 0.3) is 0 Å². The zero-order chi connectivity index (χ0) is 57.9. The number of hydrogen-bond acceptors (Lipinski definition) is 8. The van der Waals surface area contributed by atoms with Crippen molar-refractivity contribution in [2.75, 3.05) is 13.2 Å². The summed E-state index contributed by atoms with van der Waals surface area (Å²) in [6.07, 6.45) is 84.6. The minimum atomic E-state index is -1.58. The first-order valence-corrected chi connectivity index (χ1v) is 31.7. The SMILES string of the molecule is CC/C=C\C/C=C\C/C=C\C/C=C\C/C=C\C/C=C\C/C=C\C/C=C\C/C=C\C/C=C\CCCCCCCCCCCCC(=O)NC(COC1OC(CO)C(O)C(O)C1O)C(O)/C=C/CC/C=C/CC/C=C/CCCCCCCC. The molecular formula is C71H115NO8. The Morgan fingerprint density at radius 2 is 0.787 bits per heavy atom. The van der Waals surface area contributed by atoms with Gasteiger partial charge in [-0.2, -0.15) is 0 Å². The summed E-state index contributed by atoms with van der Waals surface area (Å²) in [5, 5.41) is 54.5. The minimum absolute atomic E-state index is 0.202. The highest BCUT2D eigenvalue weighted by atomic mass is 16.7. The van der Waals surface area contributed by atoms with E-state index < -0.39 is 49.5 Å². The van der Waals surface area contributed by atoms with Gasteiger partial charge in [-0.15, -0.1) is 0 Å². The van der Waals surface area contributed by atoms with Crippen LogP contribution in [0.2, 0.25) is 0 Å². The summed E-state index contributed by atoms with van der Waals surface area (Å²) in [7, 11) is 0. The summed E-state index contributed by atoms with van der Waals surface area (Å²) in [4.78, 5) is 13.1. The van der Waals surface area contributed by atoms with Crippen LogP contribution in [0.3, 0.4) is 0 Å². The Morgan fingerprint density at radius 1 is 0.438 bits per heavy atom. The number of ether oxygens (including phenoxy) is 2. The fourth-order valence-corrected chi connectivity index (χ4v) is 8.86. The molecule has 9 heteroatoms. The standard InChI is InChI=1S/C71H115NO8/c1-3-5-7-9-11-13-15-17-19-21-22-23-24-25-26-27-28-29-30-31-32-33-34-35-36-37-38-39-40-41-42-43-44-45-47-49-51-53-55-57-59-61-67(75)72-64(63-79-71-70(78)69(77)68(76)66(62-73)80-71)65(74)60-58-56-54-52-50-48-46-20-18-16-14-12-10-8-6-4-2/h5,7,11,13,17-20,22-23,25-26,28-29,31-32,34-35,37-38,40-41,50,52,58,60,64-66,68-71,73-74,76-78H,3-4,6,8-10,12,14-16,21,24,27,30,33,36,39,42-49,51,53-57,59,61-63H2,1-2H3,(H,72,75)/b7-5-,13-11-,19-17-,20-18+,23-22-,26-25-,29-28-,32-31-,35-34-,38-37-,41-40-,52-50+,60-58+. The van der Waals surface area contributed by atoms with Crippen LogP contribution >= 0.6 is 0 Å². The molecule has 7 unspecified atom stereocenters. The summed E-state index contributed by atoms with van der Waals surface area (Å²) in [6, 6.07) is -0.841. The fourth-order valence-electron chi connectivity index (χ4n) is 8.86. The van der Waals surface area contributed by atoms with Crippen molar-refractivity contribution in [3.63, 3.8) is 0 Å². The molecule has 1 aliphatic heterocycles. The molecule has 0 aromatic rings. The Kier molecular flexibility index (Phi) is 53.5. The minimum Gasteiger partial charge on any atom is -0.394 e. The van der Waals surface area contributed by atoms with Crippen LogP contribution in [0, 0.1) is 0 Å². The molecule has 7 atom stereocenters. The van der Waals surface area contributed by atoms with Crippen molar-refractivity contribution in [2.45, 2.75) is 269 Å². The number of allylic oxidation sites excluding steroid dienone is 25. The number of amides is 1. The fraction of sp³-hybridized carbons (Fsp3) is 0.620. The summed E-state index contributed by atoms with van der Waals surface area (Å²) in [5.74, 6) is -0.202. The van der Waals surface area contributed by atoms with Crippen molar-refractivity contribution in [3.8, 4) is 0 Å². The van der Waals surface area contributed by atoms with E-state index in [9.17, 15) is 30.3 Å². The van der Waals surface area contributed by atoms with Crippen LogP contribution in [0.5, 0.6) is 0 Å². The number of nitrogens with one attached hydrogen (secondary N) is 1. The number of unbranched alkanes of at least 4 members (excludes halogenated alkanes) is 18. The van der Waals surface area contributed by atoms with Crippen LogP contribution < -0.4 is 5.32 Å². The molecule has 1 aliphatic rings. The summed E-state index contributed by atoms with van der Waals surface area (Å²) < 4.78 is 11.2. The van der Waals surface area contributed by atoms with E-state index in [1.807, 2.05) is 6.08 Å². The number of carbonyl (C=O) groups excluding carboxylic acids is 1. The predicted octanol–water partition coefficient (Wildman–Crippen LogP) is 16.8. The van der Waals surface area contributed by atoms with Crippen molar-refractivity contribution in [2.24, 2.45) is 0 Å². The Bertz CT molecular complexity index is 1810. The topological polar surface area (TPSA) is 149 Å². The molecule has 1 rings (SSSR count). The van der Waals surface area contributed by atoms with Crippen LogP contribution in [0.1, 0.15) is 226 Å². The molecule has 0 saturated carbocycles. The van der Waals surface area contributed by atoms with Gasteiger partial charge in [0.1, 0.15) is 24.4 Å². The van der Waals surface area contributed by atoms with E-state index in [0.717, 1.165) is 128 Å². The van der Waals surface area contributed by atoms with Crippen LogP contribution in [-0.4, -0.2) is 87.5 Å². The third-order valence-electron chi connectivity index (χ3n) is 13.8. The second-order valence-corrected chi connectivity index (χ2v) is 21.1. The molecule has 452 valence electrons. The maximum atomic E-state index is 13.1. The van der Waals surface area contributed by atoms with E-state index >= 15 is 0 Å². The van der Waals surface area contributed by atoms with Gasteiger partial charge in [-0.1, -0.05) is 255 Å².